The third kappa shape index (κ3) is 10.0. The lowest BCUT2D eigenvalue weighted by atomic mass is 9.45. The number of fused-ring (bicyclic) bond motifs is 2. The molecule has 1 heterocycles. The van der Waals surface area contributed by atoms with E-state index in [1.807, 2.05) is 30.9 Å². The molecule has 7 fully saturated rings. The number of likely N-dealkylation sites (N-methyl/N-ethyl adjacent to an activating group) is 2. The number of rotatable bonds is 15. The van der Waals surface area contributed by atoms with Gasteiger partial charge in [0.25, 0.3) is 0 Å². The van der Waals surface area contributed by atoms with Gasteiger partial charge in [0, 0.05) is 63.1 Å². The van der Waals surface area contributed by atoms with Crippen molar-refractivity contribution in [3.05, 3.63) is 0 Å². The van der Waals surface area contributed by atoms with Gasteiger partial charge >= 0.3 is 0 Å². The maximum atomic E-state index is 14.4. The van der Waals surface area contributed by atoms with Gasteiger partial charge < -0.3 is 40.3 Å². The molecule has 6 saturated carbocycles. The van der Waals surface area contributed by atoms with E-state index in [2.05, 4.69) is 50.4 Å². The number of nitrogens with zero attached hydrogens (tertiary/aromatic N) is 4. The zero-order valence-electron chi connectivity index (χ0n) is 38.3. The van der Waals surface area contributed by atoms with E-state index in [9.17, 15) is 24.6 Å². The Morgan fingerprint density at radius 2 is 1.63 bits per heavy atom. The molecule has 0 spiro atoms. The van der Waals surface area contributed by atoms with Crippen molar-refractivity contribution in [1.29, 1.82) is 0 Å². The normalized spacial score (nSPS) is 38.7. The average molecular weight is 831 g/mol. The first kappa shape index (κ1) is 46.6. The summed E-state index contributed by atoms with van der Waals surface area (Å²) in [6.07, 6.45) is 11.4. The molecule has 13 nitrogen and oxygen atoms in total. The molecule has 0 aromatic rings. The van der Waals surface area contributed by atoms with E-state index >= 15 is 0 Å². The molecule has 7 rings (SSSR count). The first-order chi connectivity index (χ1) is 28.0. The summed E-state index contributed by atoms with van der Waals surface area (Å²) in [7, 11) is 11.8. The molecule has 4 N–H and O–H groups in total. The minimum Gasteiger partial charge on any atom is -0.394 e. The van der Waals surface area contributed by atoms with Gasteiger partial charge in [-0.15, -0.1) is 0 Å². The average Bonchev–Trinajstić information content (AvgIpc) is 3.59. The fraction of sp³-hybridized carbons (Fsp3) is 0.935. The van der Waals surface area contributed by atoms with E-state index < -0.39 is 30.2 Å². The second-order valence-electron chi connectivity index (χ2n) is 21.2. The summed E-state index contributed by atoms with van der Waals surface area (Å²) in [6.45, 7) is 9.29. The molecular formula is C46H82N6O7. The molecular weight excluding hydrogens is 749 g/mol. The zero-order valence-corrected chi connectivity index (χ0v) is 38.3. The Morgan fingerprint density at radius 3 is 2.22 bits per heavy atom. The van der Waals surface area contributed by atoms with Crippen molar-refractivity contribution in [3.8, 4) is 0 Å². The smallest absolute Gasteiger partial charge is 0.246 e. The van der Waals surface area contributed by atoms with Crippen molar-refractivity contribution in [2.24, 2.45) is 52.8 Å². The van der Waals surface area contributed by atoms with Crippen LogP contribution in [-0.4, -0.2) is 158 Å². The van der Waals surface area contributed by atoms with Gasteiger partial charge in [0.2, 0.25) is 17.7 Å². The summed E-state index contributed by atoms with van der Waals surface area (Å²) in [5.74, 6) is 1.03. The SMILES string of the molecule is COC1C(CN2O[C@@H](CO)[C@H]([C@H](C)O)[C@H]2C(=O)N[C@@H]2C[C@H]3C[C@@H]([C@@H]2C)C3(C)C)CCCC1C1CC(C(=O)N[C@H](CN(C)C)C(=O)N(C)C2CCCCC2)CC(N(C)C)C1. The molecule has 6 unspecified atom stereocenters. The lowest BCUT2D eigenvalue weighted by Gasteiger charge is -2.62. The van der Waals surface area contributed by atoms with Gasteiger partial charge in [-0.3, -0.25) is 19.2 Å². The third-order valence-corrected chi connectivity index (χ3v) is 16.8. The highest BCUT2D eigenvalue weighted by Crippen LogP contribution is 2.61. The predicted molar refractivity (Wildman–Crippen MR) is 229 cm³/mol. The van der Waals surface area contributed by atoms with E-state index in [0.717, 1.165) is 70.6 Å². The number of nitrogens with one attached hydrogen (secondary N) is 2. The van der Waals surface area contributed by atoms with E-state index in [0.29, 0.717) is 36.3 Å². The Labute approximate surface area is 356 Å². The Balaban J connectivity index is 1.16. The van der Waals surface area contributed by atoms with Crippen LogP contribution in [0.3, 0.4) is 0 Å². The van der Waals surface area contributed by atoms with Crippen LogP contribution in [0.4, 0.5) is 0 Å². The molecule has 3 amide bonds. The van der Waals surface area contributed by atoms with Crippen LogP contribution in [0.5, 0.6) is 0 Å². The number of hydroxylamine groups is 2. The van der Waals surface area contributed by atoms with Gasteiger partial charge in [-0.05, 0) is 128 Å². The summed E-state index contributed by atoms with van der Waals surface area (Å²) in [5, 5.41) is 30.0. The van der Waals surface area contributed by atoms with Crippen molar-refractivity contribution in [2.75, 3.05) is 62.0 Å². The van der Waals surface area contributed by atoms with Gasteiger partial charge in [0.15, 0.2) is 0 Å². The topological polar surface area (TPSA) is 147 Å². The second kappa shape index (κ2) is 19.7. The molecule has 338 valence electrons. The highest BCUT2D eigenvalue weighted by molar-refractivity contribution is 5.89. The summed E-state index contributed by atoms with van der Waals surface area (Å²) in [6, 6.07) is -0.835. The van der Waals surface area contributed by atoms with Crippen LogP contribution in [0.2, 0.25) is 0 Å². The van der Waals surface area contributed by atoms with Crippen LogP contribution in [0, 0.1) is 52.8 Å². The molecule has 1 saturated heterocycles. The summed E-state index contributed by atoms with van der Waals surface area (Å²) < 4.78 is 6.44. The maximum absolute atomic E-state index is 14.4. The zero-order chi connectivity index (χ0) is 42.9. The Kier molecular flexibility index (Phi) is 15.5. The summed E-state index contributed by atoms with van der Waals surface area (Å²) in [5.41, 5.74) is 0.299. The predicted octanol–water partition coefficient (Wildman–Crippen LogP) is 3.76. The van der Waals surface area contributed by atoms with Gasteiger partial charge in [0.1, 0.15) is 18.2 Å². The fourth-order valence-corrected chi connectivity index (χ4v) is 13.1. The molecule has 7 aliphatic rings. The van der Waals surface area contributed by atoms with E-state index in [4.69, 9.17) is 9.57 Å². The molecule has 6 aliphatic carbocycles. The van der Waals surface area contributed by atoms with E-state index in [-0.39, 0.29) is 72.2 Å². The molecule has 2 bridgehead atoms. The Morgan fingerprint density at radius 1 is 0.915 bits per heavy atom. The first-order valence-electron chi connectivity index (χ1n) is 23.4. The Bertz CT molecular complexity index is 1420. The molecule has 0 aromatic carbocycles. The lowest BCUT2D eigenvalue weighted by molar-refractivity contribution is -0.193. The molecule has 59 heavy (non-hydrogen) atoms. The quantitative estimate of drug-likeness (QED) is 0.193. The summed E-state index contributed by atoms with van der Waals surface area (Å²) in [4.78, 5) is 55.2. The van der Waals surface area contributed by atoms with E-state index in [1.54, 1.807) is 19.1 Å². The van der Waals surface area contributed by atoms with Crippen LogP contribution in [-0.2, 0) is 24.0 Å². The second-order valence-corrected chi connectivity index (χ2v) is 21.2. The number of ether oxygens (including phenoxy) is 1. The van der Waals surface area contributed by atoms with Gasteiger partial charge in [-0.25, -0.2) is 0 Å². The number of carbonyl (C=O) groups is 3. The minimum absolute atomic E-state index is 0.00349. The van der Waals surface area contributed by atoms with Crippen LogP contribution in [0.15, 0.2) is 0 Å². The number of hydrogen-bond donors (Lipinski definition) is 4. The van der Waals surface area contributed by atoms with Crippen LogP contribution in [0.25, 0.3) is 0 Å². The number of hydrogen-bond acceptors (Lipinski definition) is 10. The number of aliphatic hydroxyl groups is 2. The molecule has 0 aromatic heterocycles. The Hall–Kier alpha value is -1.87. The van der Waals surface area contributed by atoms with E-state index in [1.165, 1.54) is 12.8 Å². The molecule has 13 heteroatoms. The van der Waals surface area contributed by atoms with Crippen LogP contribution < -0.4 is 10.6 Å². The number of amides is 3. The van der Waals surface area contributed by atoms with Crippen LogP contribution in [0.1, 0.15) is 111 Å². The third-order valence-electron chi connectivity index (χ3n) is 16.8. The highest BCUT2D eigenvalue weighted by atomic mass is 16.7. The largest absolute Gasteiger partial charge is 0.394 e. The van der Waals surface area contributed by atoms with Gasteiger partial charge in [-0.1, -0.05) is 46.5 Å². The number of aliphatic hydroxyl groups excluding tert-OH is 2. The summed E-state index contributed by atoms with van der Waals surface area (Å²) >= 11 is 0. The highest BCUT2D eigenvalue weighted by Gasteiger charge is 2.58. The van der Waals surface area contributed by atoms with Gasteiger partial charge in [0.05, 0.1) is 18.8 Å². The standard InChI is InChI=1S/C46H82N6O7/c1-27-36-22-32(46(36,3)4)23-37(27)47-44(56)41-40(28(2)54)39(26-53)59-52(41)24-29-15-14-18-35(42(29)58-10)30-19-31(21-34(20-30)50(7)8)43(55)48-38(25-49(5)6)45(57)51(9)33-16-12-11-13-17-33/h27-42,53-54H,11-26H2,1-10H3,(H,47,56)(H,48,55)/t27-,28-,29?,30?,31?,32+,34?,35?,36-,37+,38+,39-,40-,41-,42?/m0/s1. The van der Waals surface area contributed by atoms with Crippen molar-refractivity contribution in [2.45, 2.75) is 160 Å². The molecule has 1 aliphatic heterocycles. The van der Waals surface area contributed by atoms with Crippen molar-refractivity contribution < 1.29 is 34.2 Å². The van der Waals surface area contributed by atoms with Crippen molar-refractivity contribution in [1.82, 2.24) is 30.4 Å². The van der Waals surface area contributed by atoms with Crippen LogP contribution >= 0.6 is 0 Å². The fourth-order valence-electron chi connectivity index (χ4n) is 13.1. The van der Waals surface area contributed by atoms with Gasteiger partial charge in [-0.2, -0.15) is 5.06 Å². The molecule has 15 atom stereocenters. The monoisotopic (exact) mass is 831 g/mol. The number of carbonyl (C=O) groups excluding carboxylic acids is 3. The molecule has 0 radical (unpaired) electrons. The van der Waals surface area contributed by atoms with Crippen molar-refractivity contribution >= 4 is 17.7 Å². The lowest BCUT2D eigenvalue weighted by Crippen LogP contribution is -2.62. The minimum atomic E-state index is -0.852. The number of methoxy groups -OCH3 is 1. The first-order valence-corrected chi connectivity index (χ1v) is 23.4. The van der Waals surface area contributed by atoms with Crippen molar-refractivity contribution in [3.63, 3.8) is 0 Å². The maximum Gasteiger partial charge on any atom is 0.246 e.